The van der Waals surface area contributed by atoms with Gasteiger partial charge in [0.05, 0.1) is 13.7 Å². The lowest BCUT2D eigenvalue weighted by atomic mass is 10.1. The van der Waals surface area contributed by atoms with Crippen molar-refractivity contribution in [2.24, 2.45) is 0 Å². The molecule has 1 aromatic carbocycles. The molecule has 0 saturated heterocycles. The van der Waals surface area contributed by atoms with Gasteiger partial charge in [-0.15, -0.1) is 0 Å². The summed E-state index contributed by atoms with van der Waals surface area (Å²) in [6.45, 7) is 7.87. The molecule has 4 heteroatoms. The molecule has 1 rings (SSSR count). The monoisotopic (exact) mass is 264 g/mol. The van der Waals surface area contributed by atoms with E-state index in [0.717, 1.165) is 24.4 Å². The Morgan fingerprint density at radius 3 is 2.53 bits per heavy atom. The summed E-state index contributed by atoms with van der Waals surface area (Å²) in [7, 11) is 1.66. The number of nitrogens with one attached hydrogen (secondary N) is 1. The topological polar surface area (TPSA) is 41.6 Å². The van der Waals surface area contributed by atoms with Crippen molar-refractivity contribution in [1.82, 2.24) is 10.2 Å². The first-order valence-corrected chi connectivity index (χ1v) is 6.78. The van der Waals surface area contributed by atoms with Gasteiger partial charge in [0.2, 0.25) is 5.91 Å². The van der Waals surface area contributed by atoms with Crippen LogP contribution in [0.25, 0.3) is 0 Å². The summed E-state index contributed by atoms with van der Waals surface area (Å²) in [5.41, 5.74) is 1.07. The van der Waals surface area contributed by atoms with Gasteiger partial charge in [0.15, 0.2) is 0 Å². The van der Waals surface area contributed by atoms with Crippen LogP contribution in [0.1, 0.15) is 32.4 Å². The lowest BCUT2D eigenvalue weighted by Gasteiger charge is -2.21. The number of methoxy groups -OCH3 is 1. The normalized spacial score (nSPS) is 12.0. The van der Waals surface area contributed by atoms with Gasteiger partial charge in [0.25, 0.3) is 0 Å². The van der Waals surface area contributed by atoms with Crippen molar-refractivity contribution < 1.29 is 9.53 Å². The quantitative estimate of drug-likeness (QED) is 0.821. The smallest absolute Gasteiger partial charge is 0.236 e. The lowest BCUT2D eigenvalue weighted by Crippen LogP contribution is -2.38. The highest BCUT2D eigenvalue weighted by atomic mass is 16.5. The van der Waals surface area contributed by atoms with Crippen LogP contribution in [0.15, 0.2) is 24.3 Å². The molecule has 106 valence electrons. The number of para-hydroxylation sites is 1. The lowest BCUT2D eigenvalue weighted by molar-refractivity contribution is -0.129. The Balaban J connectivity index is 2.60. The second-order valence-electron chi connectivity index (χ2n) is 4.41. The Bertz CT molecular complexity index is 403. The van der Waals surface area contributed by atoms with Gasteiger partial charge in [0.1, 0.15) is 5.75 Å². The molecule has 0 aromatic heterocycles. The molecule has 0 aliphatic rings. The van der Waals surface area contributed by atoms with Crippen LogP contribution in [-0.4, -0.2) is 37.6 Å². The Kier molecular flexibility index (Phi) is 6.36. The molecule has 0 unspecified atom stereocenters. The zero-order valence-corrected chi connectivity index (χ0v) is 12.3. The fraction of sp³-hybridized carbons (Fsp3) is 0.533. The largest absolute Gasteiger partial charge is 0.496 e. The van der Waals surface area contributed by atoms with E-state index in [2.05, 4.69) is 5.32 Å². The maximum Gasteiger partial charge on any atom is 0.236 e. The summed E-state index contributed by atoms with van der Waals surface area (Å²) >= 11 is 0. The number of amides is 1. The highest BCUT2D eigenvalue weighted by Crippen LogP contribution is 2.23. The number of hydrogen-bond acceptors (Lipinski definition) is 3. The molecule has 19 heavy (non-hydrogen) atoms. The number of rotatable bonds is 7. The van der Waals surface area contributed by atoms with E-state index >= 15 is 0 Å². The van der Waals surface area contributed by atoms with Crippen molar-refractivity contribution in [2.45, 2.75) is 26.8 Å². The van der Waals surface area contributed by atoms with Crippen LogP contribution in [0.5, 0.6) is 5.75 Å². The molecule has 1 amide bonds. The van der Waals surface area contributed by atoms with E-state index in [1.807, 2.05) is 49.9 Å². The number of benzene rings is 1. The first kappa shape index (κ1) is 15.5. The Morgan fingerprint density at radius 2 is 1.95 bits per heavy atom. The molecule has 0 fully saturated rings. The number of hydrogen-bond donors (Lipinski definition) is 1. The van der Waals surface area contributed by atoms with E-state index in [1.165, 1.54) is 0 Å². The number of carbonyl (C=O) groups excluding carboxylic acids is 1. The van der Waals surface area contributed by atoms with Crippen molar-refractivity contribution in [3.8, 4) is 5.75 Å². The van der Waals surface area contributed by atoms with E-state index in [-0.39, 0.29) is 11.9 Å². The summed E-state index contributed by atoms with van der Waals surface area (Å²) in [6, 6.07) is 7.94. The zero-order chi connectivity index (χ0) is 14.3. The number of carbonyl (C=O) groups is 1. The van der Waals surface area contributed by atoms with Crippen LogP contribution in [0, 0.1) is 0 Å². The molecular formula is C15H24N2O2. The maximum atomic E-state index is 11.9. The van der Waals surface area contributed by atoms with Crippen LogP contribution in [0.4, 0.5) is 0 Å². The van der Waals surface area contributed by atoms with E-state index in [4.69, 9.17) is 4.74 Å². The Labute approximate surface area is 115 Å². The standard InChI is InChI=1S/C15H24N2O2/c1-5-17(6-2)15(18)11-16-12(3)13-9-7-8-10-14(13)19-4/h7-10,12,16H,5-6,11H2,1-4H3/t12-/m0/s1. The van der Waals surface area contributed by atoms with Crippen molar-refractivity contribution in [1.29, 1.82) is 0 Å². The van der Waals surface area contributed by atoms with E-state index in [0.29, 0.717) is 6.54 Å². The van der Waals surface area contributed by atoms with Gasteiger partial charge >= 0.3 is 0 Å². The summed E-state index contributed by atoms with van der Waals surface area (Å²) in [4.78, 5) is 13.7. The molecule has 0 saturated carbocycles. The second kappa shape index (κ2) is 7.79. The van der Waals surface area contributed by atoms with Crippen LogP contribution in [0.3, 0.4) is 0 Å². The molecule has 0 heterocycles. The van der Waals surface area contributed by atoms with Crippen LogP contribution < -0.4 is 10.1 Å². The molecule has 1 N–H and O–H groups in total. The summed E-state index contributed by atoms with van der Waals surface area (Å²) in [5.74, 6) is 0.976. The third-order valence-corrected chi connectivity index (χ3v) is 3.28. The Hall–Kier alpha value is -1.55. The molecule has 0 radical (unpaired) electrons. The summed E-state index contributed by atoms with van der Waals surface area (Å²) in [5, 5.41) is 3.25. The highest BCUT2D eigenvalue weighted by Gasteiger charge is 2.14. The number of ether oxygens (including phenoxy) is 1. The minimum absolute atomic E-state index is 0.0793. The third kappa shape index (κ3) is 4.24. The SMILES string of the molecule is CCN(CC)C(=O)CN[C@@H](C)c1ccccc1OC. The molecule has 1 atom stereocenters. The van der Waals surface area contributed by atoms with Crippen molar-refractivity contribution in [3.63, 3.8) is 0 Å². The molecule has 1 aromatic rings. The van der Waals surface area contributed by atoms with Gasteiger partial charge in [-0.05, 0) is 26.8 Å². The third-order valence-electron chi connectivity index (χ3n) is 3.28. The highest BCUT2D eigenvalue weighted by molar-refractivity contribution is 5.78. The molecule has 4 nitrogen and oxygen atoms in total. The average Bonchev–Trinajstić information content (AvgIpc) is 2.45. The zero-order valence-electron chi connectivity index (χ0n) is 12.3. The van der Waals surface area contributed by atoms with Gasteiger partial charge < -0.3 is 15.0 Å². The first-order chi connectivity index (χ1) is 9.13. The maximum absolute atomic E-state index is 11.9. The van der Waals surface area contributed by atoms with E-state index in [9.17, 15) is 4.79 Å². The van der Waals surface area contributed by atoms with Crippen molar-refractivity contribution >= 4 is 5.91 Å². The van der Waals surface area contributed by atoms with Crippen molar-refractivity contribution in [2.75, 3.05) is 26.7 Å². The summed E-state index contributed by atoms with van der Waals surface area (Å²) < 4.78 is 5.33. The van der Waals surface area contributed by atoms with Gasteiger partial charge in [-0.1, -0.05) is 18.2 Å². The number of likely N-dealkylation sites (N-methyl/N-ethyl adjacent to an activating group) is 1. The van der Waals surface area contributed by atoms with Gasteiger partial charge in [-0.25, -0.2) is 0 Å². The molecule has 0 bridgehead atoms. The first-order valence-electron chi connectivity index (χ1n) is 6.78. The molecular weight excluding hydrogens is 240 g/mol. The number of nitrogens with zero attached hydrogens (tertiary/aromatic N) is 1. The molecule has 0 aliphatic carbocycles. The fourth-order valence-corrected chi connectivity index (χ4v) is 2.06. The molecule has 0 spiro atoms. The summed E-state index contributed by atoms with van der Waals surface area (Å²) in [6.07, 6.45) is 0. The predicted molar refractivity (Wildman–Crippen MR) is 77.3 cm³/mol. The Morgan fingerprint density at radius 1 is 1.32 bits per heavy atom. The minimum atomic E-state index is 0.0793. The van der Waals surface area contributed by atoms with Gasteiger partial charge in [-0.2, -0.15) is 0 Å². The van der Waals surface area contributed by atoms with Crippen LogP contribution in [0.2, 0.25) is 0 Å². The van der Waals surface area contributed by atoms with Gasteiger partial charge in [0, 0.05) is 24.7 Å². The average molecular weight is 264 g/mol. The van der Waals surface area contributed by atoms with Crippen LogP contribution in [-0.2, 0) is 4.79 Å². The van der Waals surface area contributed by atoms with E-state index < -0.39 is 0 Å². The van der Waals surface area contributed by atoms with Crippen molar-refractivity contribution in [3.05, 3.63) is 29.8 Å². The molecule has 0 aliphatic heterocycles. The minimum Gasteiger partial charge on any atom is -0.496 e. The van der Waals surface area contributed by atoms with Gasteiger partial charge in [-0.3, -0.25) is 4.79 Å². The predicted octanol–water partition coefficient (Wildman–Crippen LogP) is 2.21. The fourth-order valence-electron chi connectivity index (χ4n) is 2.06. The van der Waals surface area contributed by atoms with Crippen LogP contribution >= 0.6 is 0 Å². The van der Waals surface area contributed by atoms with E-state index in [1.54, 1.807) is 7.11 Å². The second-order valence-corrected chi connectivity index (χ2v) is 4.41.